The van der Waals surface area contributed by atoms with E-state index >= 15 is 0 Å². The Bertz CT molecular complexity index is 94.4. The number of rotatable bonds is 0. The lowest BCUT2D eigenvalue weighted by Gasteiger charge is -1.98. The minimum atomic E-state index is -0.125. The summed E-state index contributed by atoms with van der Waals surface area (Å²) in [7, 11) is 0. The molecule has 0 fully saturated rings. The molecule has 0 spiro atoms. The van der Waals surface area contributed by atoms with E-state index in [1.54, 1.807) is 0 Å². The van der Waals surface area contributed by atoms with Crippen LogP contribution in [0.2, 0.25) is 0 Å². The first-order valence-corrected chi connectivity index (χ1v) is 2.65. The van der Waals surface area contributed by atoms with E-state index < -0.39 is 0 Å². The molecule has 0 radical (unpaired) electrons. The van der Waals surface area contributed by atoms with Crippen LogP contribution in [0, 0.1) is 0 Å². The van der Waals surface area contributed by atoms with Crippen LogP contribution in [0.25, 0.3) is 0 Å². The van der Waals surface area contributed by atoms with Crippen LogP contribution in [0.1, 0.15) is 19.8 Å². The Balaban J connectivity index is 2.54. The summed E-state index contributed by atoms with van der Waals surface area (Å²) in [6.45, 7) is 1.97. The van der Waals surface area contributed by atoms with Gasteiger partial charge in [-0.15, -0.1) is 0 Å². The molecule has 1 rings (SSSR count). The zero-order chi connectivity index (χ0) is 5.28. The van der Waals surface area contributed by atoms with Gasteiger partial charge in [0, 0.05) is 0 Å². The molecule has 0 saturated heterocycles. The average molecular weight is 98.1 g/mol. The molecule has 1 nitrogen and oxygen atoms in total. The van der Waals surface area contributed by atoms with Crippen molar-refractivity contribution in [1.82, 2.24) is 0 Å². The van der Waals surface area contributed by atoms with E-state index in [0.717, 1.165) is 18.4 Å². The third-order valence-corrected chi connectivity index (χ3v) is 1.43. The van der Waals surface area contributed by atoms with Crippen molar-refractivity contribution in [2.24, 2.45) is 0 Å². The Kier molecular flexibility index (Phi) is 1.15. The van der Waals surface area contributed by atoms with Gasteiger partial charge in [0.2, 0.25) is 0 Å². The molecular weight excluding hydrogens is 88.1 g/mol. The molecule has 7 heavy (non-hydrogen) atoms. The molecule has 0 aromatic rings. The molecule has 40 valence electrons. The Hall–Kier alpha value is -0.300. The molecule has 0 saturated carbocycles. The van der Waals surface area contributed by atoms with Crippen LogP contribution < -0.4 is 0 Å². The summed E-state index contributed by atoms with van der Waals surface area (Å²) >= 11 is 0. The molecule has 1 aliphatic carbocycles. The van der Waals surface area contributed by atoms with Crippen LogP contribution in [-0.4, -0.2) is 11.2 Å². The first-order chi connectivity index (χ1) is 3.30. The summed E-state index contributed by atoms with van der Waals surface area (Å²) in [5, 5.41) is 8.93. The van der Waals surface area contributed by atoms with Gasteiger partial charge in [-0.1, -0.05) is 6.08 Å². The highest BCUT2D eigenvalue weighted by Gasteiger charge is 2.09. The van der Waals surface area contributed by atoms with Gasteiger partial charge in [-0.05, 0) is 25.3 Å². The smallest absolute Gasteiger partial charge is 0.0750 e. The summed E-state index contributed by atoms with van der Waals surface area (Å²) in [6.07, 6.45) is 3.96. The van der Waals surface area contributed by atoms with Gasteiger partial charge in [0.25, 0.3) is 0 Å². The third-order valence-electron chi connectivity index (χ3n) is 1.43. The maximum absolute atomic E-state index is 8.93. The summed E-state index contributed by atoms with van der Waals surface area (Å²) < 4.78 is 0. The first kappa shape index (κ1) is 4.85. The molecule has 1 N–H and O–H groups in total. The lowest BCUT2D eigenvalue weighted by atomic mass is 10.2. The molecule has 1 atom stereocenters. The monoisotopic (exact) mass is 98.1 g/mol. The number of allylic oxidation sites excluding steroid dienone is 1. The largest absolute Gasteiger partial charge is 0.389 e. The van der Waals surface area contributed by atoms with Crippen LogP contribution in [0.5, 0.6) is 0 Å². The number of aliphatic hydroxyl groups excluding tert-OH is 1. The van der Waals surface area contributed by atoms with Crippen molar-refractivity contribution >= 4 is 0 Å². The number of aliphatic hydroxyl groups is 1. The SMILES string of the molecule is CC1=CCCC1O. The Morgan fingerprint density at radius 1 is 1.86 bits per heavy atom. The molecule has 0 aliphatic heterocycles. The van der Waals surface area contributed by atoms with Crippen LogP contribution in [-0.2, 0) is 0 Å². The molecule has 0 amide bonds. The van der Waals surface area contributed by atoms with E-state index in [1.165, 1.54) is 0 Å². The van der Waals surface area contributed by atoms with Gasteiger partial charge in [0.1, 0.15) is 0 Å². The van der Waals surface area contributed by atoms with Crippen LogP contribution >= 0.6 is 0 Å². The lowest BCUT2D eigenvalue weighted by molar-refractivity contribution is 0.212. The van der Waals surface area contributed by atoms with Crippen molar-refractivity contribution in [3.05, 3.63) is 11.6 Å². The summed E-state index contributed by atoms with van der Waals surface area (Å²) in [5.41, 5.74) is 1.14. The van der Waals surface area contributed by atoms with E-state index in [4.69, 9.17) is 5.11 Å². The van der Waals surface area contributed by atoms with Gasteiger partial charge in [-0.3, -0.25) is 0 Å². The quantitative estimate of drug-likeness (QED) is 0.449. The summed E-state index contributed by atoms with van der Waals surface area (Å²) in [4.78, 5) is 0. The van der Waals surface area contributed by atoms with E-state index in [1.807, 2.05) is 6.92 Å². The third kappa shape index (κ3) is 0.829. The summed E-state index contributed by atoms with van der Waals surface area (Å²) in [6, 6.07) is 0. The molecular formula is C6H10O. The van der Waals surface area contributed by atoms with E-state index in [9.17, 15) is 0 Å². The van der Waals surface area contributed by atoms with Gasteiger partial charge < -0.3 is 5.11 Å². The molecule has 1 aliphatic rings. The predicted molar refractivity (Wildman–Crippen MR) is 29.0 cm³/mol. The van der Waals surface area contributed by atoms with Gasteiger partial charge in [-0.25, -0.2) is 0 Å². The van der Waals surface area contributed by atoms with E-state index in [-0.39, 0.29) is 6.10 Å². The fourth-order valence-corrected chi connectivity index (χ4v) is 0.833. The zero-order valence-electron chi connectivity index (χ0n) is 4.52. The van der Waals surface area contributed by atoms with Gasteiger partial charge in [0.05, 0.1) is 6.10 Å². The van der Waals surface area contributed by atoms with E-state index in [2.05, 4.69) is 6.08 Å². The number of hydrogen-bond donors (Lipinski definition) is 1. The van der Waals surface area contributed by atoms with Crippen molar-refractivity contribution in [3.8, 4) is 0 Å². The van der Waals surface area contributed by atoms with Gasteiger partial charge in [0.15, 0.2) is 0 Å². The van der Waals surface area contributed by atoms with E-state index in [0.29, 0.717) is 0 Å². The molecule has 0 aromatic heterocycles. The molecule has 0 bridgehead atoms. The normalized spacial score (nSPS) is 30.6. The van der Waals surface area contributed by atoms with Crippen LogP contribution in [0.4, 0.5) is 0 Å². The van der Waals surface area contributed by atoms with Gasteiger partial charge in [-0.2, -0.15) is 0 Å². The second-order valence-corrected chi connectivity index (χ2v) is 2.04. The Labute approximate surface area is 43.7 Å². The minimum absolute atomic E-state index is 0.125. The van der Waals surface area contributed by atoms with Crippen molar-refractivity contribution in [1.29, 1.82) is 0 Å². The van der Waals surface area contributed by atoms with Crippen LogP contribution in [0.3, 0.4) is 0 Å². The highest BCUT2D eigenvalue weighted by Crippen LogP contribution is 2.16. The fraction of sp³-hybridized carbons (Fsp3) is 0.667. The lowest BCUT2D eigenvalue weighted by Crippen LogP contribution is -2.00. The van der Waals surface area contributed by atoms with Crippen LogP contribution in [0.15, 0.2) is 11.6 Å². The van der Waals surface area contributed by atoms with Crippen molar-refractivity contribution in [2.45, 2.75) is 25.9 Å². The second-order valence-electron chi connectivity index (χ2n) is 2.04. The molecule has 1 heteroatoms. The average Bonchev–Trinajstić information content (AvgIpc) is 1.91. The molecule has 1 unspecified atom stereocenters. The number of hydrogen-bond acceptors (Lipinski definition) is 1. The van der Waals surface area contributed by atoms with Gasteiger partial charge >= 0.3 is 0 Å². The maximum atomic E-state index is 8.93. The summed E-state index contributed by atoms with van der Waals surface area (Å²) in [5.74, 6) is 0. The van der Waals surface area contributed by atoms with Crippen molar-refractivity contribution in [3.63, 3.8) is 0 Å². The highest BCUT2D eigenvalue weighted by molar-refractivity contribution is 5.09. The fourth-order valence-electron chi connectivity index (χ4n) is 0.833. The van der Waals surface area contributed by atoms with Crippen molar-refractivity contribution < 1.29 is 5.11 Å². The minimum Gasteiger partial charge on any atom is -0.389 e. The predicted octanol–water partition coefficient (Wildman–Crippen LogP) is 1.09. The maximum Gasteiger partial charge on any atom is 0.0750 e. The van der Waals surface area contributed by atoms with Crippen molar-refractivity contribution in [2.75, 3.05) is 0 Å². The second kappa shape index (κ2) is 1.66. The first-order valence-electron chi connectivity index (χ1n) is 2.65. The highest BCUT2D eigenvalue weighted by atomic mass is 16.3. The Morgan fingerprint density at radius 2 is 2.57 bits per heavy atom. The molecule has 0 aromatic carbocycles. The molecule has 0 heterocycles. The standard InChI is InChI=1S/C6H10O/c1-5-3-2-4-6(5)7/h3,6-7H,2,4H2,1H3. The topological polar surface area (TPSA) is 20.2 Å². The zero-order valence-corrected chi connectivity index (χ0v) is 4.52. The Morgan fingerprint density at radius 3 is 2.71 bits per heavy atom.